The zero-order valence-corrected chi connectivity index (χ0v) is 11.2. The average Bonchev–Trinajstić information content (AvgIpc) is 2.88. The maximum absolute atomic E-state index is 11.8. The van der Waals surface area contributed by atoms with Gasteiger partial charge in [0.05, 0.1) is 14.2 Å². The summed E-state index contributed by atoms with van der Waals surface area (Å²) in [7, 11) is 2.97. The van der Waals surface area contributed by atoms with Gasteiger partial charge in [-0.3, -0.25) is 0 Å². The Morgan fingerprint density at radius 2 is 1.95 bits per heavy atom. The highest BCUT2D eigenvalue weighted by atomic mass is 32.1. The monoisotopic (exact) mass is 280 g/mol. The largest absolute Gasteiger partial charge is 0.504 e. The number of carbonyl (C=O) groups excluding carboxylic acids is 1. The van der Waals surface area contributed by atoms with Gasteiger partial charge in [0.15, 0.2) is 16.6 Å². The molecule has 0 radical (unpaired) electrons. The smallest absolute Gasteiger partial charge is 0.353 e. The van der Waals surface area contributed by atoms with Crippen LogP contribution < -0.4 is 14.2 Å². The van der Waals surface area contributed by atoms with E-state index >= 15 is 0 Å². The van der Waals surface area contributed by atoms with Crippen molar-refractivity contribution in [3.05, 3.63) is 35.2 Å². The molecule has 19 heavy (non-hydrogen) atoms. The van der Waals surface area contributed by atoms with Gasteiger partial charge in [0.2, 0.25) is 0 Å². The molecule has 0 amide bonds. The molecule has 5 nitrogen and oxygen atoms in total. The molecule has 0 aliphatic heterocycles. The van der Waals surface area contributed by atoms with Crippen LogP contribution in [0.25, 0.3) is 0 Å². The number of phenols is 1. The molecule has 0 spiro atoms. The fourth-order valence-electron chi connectivity index (χ4n) is 1.43. The molecule has 1 aromatic heterocycles. The van der Waals surface area contributed by atoms with Crippen LogP contribution in [0.3, 0.4) is 0 Å². The SMILES string of the molecule is COc1ccc(C(=O)Oc2ccc(OC)c(O)c2)s1. The number of hydrogen-bond acceptors (Lipinski definition) is 6. The second-order valence-corrected chi connectivity index (χ2v) is 4.59. The van der Waals surface area contributed by atoms with Crippen molar-refractivity contribution in [3.8, 4) is 22.3 Å². The van der Waals surface area contributed by atoms with Crippen LogP contribution in [-0.2, 0) is 0 Å². The molecule has 0 atom stereocenters. The minimum Gasteiger partial charge on any atom is -0.504 e. The van der Waals surface area contributed by atoms with Crippen LogP contribution in [-0.4, -0.2) is 25.3 Å². The molecule has 100 valence electrons. The third-order valence-corrected chi connectivity index (χ3v) is 3.37. The van der Waals surface area contributed by atoms with Crippen LogP contribution in [0.5, 0.6) is 22.3 Å². The van der Waals surface area contributed by atoms with Crippen molar-refractivity contribution in [2.75, 3.05) is 14.2 Å². The molecule has 0 bridgehead atoms. The zero-order valence-electron chi connectivity index (χ0n) is 10.4. The summed E-state index contributed by atoms with van der Waals surface area (Å²) in [5.41, 5.74) is 0. The molecular formula is C13H12O5S. The predicted molar refractivity (Wildman–Crippen MR) is 70.5 cm³/mol. The molecule has 0 saturated heterocycles. The average molecular weight is 280 g/mol. The second-order valence-electron chi connectivity index (χ2n) is 3.55. The Morgan fingerprint density at radius 1 is 1.16 bits per heavy atom. The van der Waals surface area contributed by atoms with E-state index in [9.17, 15) is 9.90 Å². The van der Waals surface area contributed by atoms with Crippen molar-refractivity contribution >= 4 is 17.3 Å². The Morgan fingerprint density at radius 3 is 2.53 bits per heavy atom. The first-order chi connectivity index (χ1) is 9.13. The van der Waals surface area contributed by atoms with Gasteiger partial charge < -0.3 is 19.3 Å². The topological polar surface area (TPSA) is 65.0 Å². The first-order valence-corrected chi connectivity index (χ1v) is 6.18. The van der Waals surface area contributed by atoms with Gasteiger partial charge in [-0.05, 0) is 24.3 Å². The number of benzene rings is 1. The van der Waals surface area contributed by atoms with Crippen molar-refractivity contribution in [2.45, 2.75) is 0 Å². The van der Waals surface area contributed by atoms with Crippen molar-refractivity contribution in [2.24, 2.45) is 0 Å². The van der Waals surface area contributed by atoms with Gasteiger partial charge in [-0.1, -0.05) is 11.3 Å². The lowest BCUT2D eigenvalue weighted by Gasteiger charge is -2.06. The minimum absolute atomic E-state index is 0.0865. The molecule has 0 fully saturated rings. The molecule has 0 unspecified atom stereocenters. The van der Waals surface area contributed by atoms with Crippen LogP contribution >= 0.6 is 11.3 Å². The molecule has 1 aromatic carbocycles. The molecule has 6 heteroatoms. The summed E-state index contributed by atoms with van der Waals surface area (Å²) in [4.78, 5) is 12.3. The fourth-order valence-corrected chi connectivity index (χ4v) is 2.13. The van der Waals surface area contributed by atoms with Gasteiger partial charge in [0.25, 0.3) is 0 Å². The highest BCUT2D eigenvalue weighted by Gasteiger charge is 2.13. The van der Waals surface area contributed by atoms with Gasteiger partial charge in [-0.25, -0.2) is 4.79 Å². The summed E-state index contributed by atoms with van der Waals surface area (Å²) >= 11 is 1.19. The van der Waals surface area contributed by atoms with Gasteiger partial charge >= 0.3 is 5.97 Å². The molecule has 0 aliphatic rings. The zero-order chi connectivity index (χ0) is 13.8. The van der Waals surface area contributed by atoms with Crippen molar-refractivity contribution < 1.29 is 24.1 Å². The second kappa shape index (κ2) is 5.62. The first-order valence-electron chi connectivity index (χ1n) is 5.37. The van der Waals surface area contributed by atoms with E-state index in [2.05, 4.69) is 0 Å². The van der Waals surface area contributed by atoms with Gasteiger partial charge in [0, 0.05) is 6.07 Å². The highest BCUT2D eigenvalue weighted by molar-refractivity contribution is 7.15. The molecule has 0 saturated carbocycles. The van der Waals surface area contributed by atoms with Crippen LogP contribution in [0.15, 0.2) is 30.3 Å². The number of rotatable bonds is 4. The van der Waals surface area contributed by atoms with Crippen LogP contribution in [0.1, 0.15) is 9.67 Å². The molecule has 1 heterocycles. The summed E-state index contributed by atoms with van der Waals surface area (Å²) in [6.07, 6.45) is 0. The molecule has 1 N–H and O–H groups in total. The van der Waals surface area contributed by atoms with E-state index in [-0.39, 0.29) is 11.5 Å². The quantitative estimate of drug-likeness (QED) is 0.689. The van der Waals surface area contributed by atoms with E-state index in [1.807, 2.05) is 0 Å². The van der Waals surface area contributed by atoms with E-state index in [4.69, 9.17) is 14.2 Å². The van der Waals surface area contributed by atoms with Crippen molar-refractivity contribution in [3.63, 3.8) is 0 Å². The summed E-state index contributed by atoms with van der Waals surface area (Å²) in [6.45, 7) is 0. The number of carbonyl (C=O) groups is 1. The number of ether oxygens (including phenoxy) is 3. The third kappa shape index (κ3) is 2.97. The van der Waals surface area contributed by atoms with Gasteiger partial charge in [-0.2, -0.15) is 0 Å². The number of methoxy groups -OCH3 is 2. The van der Waals surface area contributed by atoms with Crippen LogP contribution in [0.4, 0.5) is 0 Å². The maximum Gasteiger partial charge on any atom is 0.353 e. The lowest BCUT2D eigenvalue weighted by molar-refractivity contribution is 0.0739. The van der Waals surface area contributed by atoms with Crippen molar-refractivity contribution in [1.82, 2.24) is 0 Å². The minimum atomic E-state index is -0.502. The summed E-state index contributed by atoms with van der Waals surface area (Å²) in [6, 6.07) is 7.69. The molecular weight excluding hydrogens is 268 g/mol. The van der Waals surface area contributed by atoms with E-state index in [1.165, 1.54) is 37.7 Å². The van der Waals surface area contributed by atoms with Crippen molar-refractivity contribution in [1.29, 1.82) is 0 Å². The summed E-state index contributed by atoms with van der Waals surface area (Å²) in [5, 5.41) is 10.2. The number of aromatic hydroxyl groups is 1. The Labute approximate surface area is 114 Å². The Kier molecular flexibility index (Phi) is 3.91. The Balaban J connectivity index is 2.12. The lowest BCUT2D eigenvalue weighted by Crippen LogP contribution is -2.06. The number of thiophene rings is 1. The summed E-state index contributed by atoms with van der Waals surface area (Å²) < 4.78 is 15.0. The Hall–Kier alpha value is -2.21. The normalized spacial score (nSPS) is 10.0. The molecule has 2 rings (SSSR count). The number of esters is 1. The predicted octanol–water partition coefficient (Wildman–Crippen LogP) is 2.69. The standard InChI is InChI=1S/C13H12O5S/c1-16-10-4-3-8(7-9(10)14)18-13(15)11-5-6-12(17-2)19-11/h3-7,14H,1-2H3. The summed E-state index contributed by atoms with van der Waals surface area (Å²) in [5.74, 6) is -0.0253. The maximum atomic E-state index is 11.8. The lowest BCUT2D eigenvalue weighted by atomic mass is 10.3. The van der Waals surface area contributed by atoms with E-state index in [0.717, 1.165) is 0 Å². The first kappa shape index (κ1) is 13.2. The molecule has 0 aliphatic carbocycles. The van der Waals surface area contributed by atoms with E-state index in [0.29, 0.717) is 15.7 Å². The van der Waals surface area contributed by atoms with E-state index in [1.54, 1.807) is 18.2 Å². The van der Waals surface area contributed by atoms with Gasteiger partial charge in [0.1, 0.15) is 10.6 Å². The van der Waals surface area contributed by atoms with Gasteiger partial charge in [-0.15, -0.1) is 0 Å². The van der Waals surface area contributed by atoms with Crippen LogP contribution in [0, 0.1) is 0 Å². The Bertz CT molecular complexity index is 590. The highest BCUT2D eigenvalue weighted by Crippen LogP contribution is 2.31. The fraction of sp³-hybridized carbons (Fsp3) is 0.154. The van der Waals surface area contributed by atoms with E-state index < -0.39 is 5.97 Å². The molecule has 2 aromatic rings. The number of phenolic OH excluding ortho intramolecular Hbond substituents is 1. The third-order valence-electron chi connectivity index (χ3n) is 2.34. The van der Waals surface area contributed by atoms with Crippen LogP contribution in [0.2, 0.25) is 0 Å². The number of hydrogen-bond donors (Lipinski definition) is 1.